The van der Waals surface area contributed by atoms with Gasteiger partial charge < -0.3 is 15.7 Å². The second kappa shape index (κ2) is 7.48. The normalized spacial score (nSPS) is 12.7. The van der Waals surface area contributed by atoms with Gasteiger partial charge in [-0.25, -0.2) is 8.42 Å². The van der Waals surface area contributed by atoms with E-state index in [2.05, 4.69) is 9.88 Å². The third-order valence-corrected chi connectivity index (χ3v) is 3.90. The van der Waals surface area contributed by atoms with Crippen LogP contribution in [0.2, 0.25) is 5.02 Å². The van der Waals surface area contributed by atoms with Crippen molar-refractivity contribution < 1.29 is 18.4 Å². The van der Waals surface area contributed by atoms with E-state index in [9.17, 15) is 8.42 Å². The van der Waals surface area contributed by atoms with E-state index in [-0.39, 0.29) is 35.6 Å². The number of amidine groups is 1. The van der Waals surface area contributed by atoms with Crippen LogP contribution in [0.4, 0.5) is 5.69 Å². The second-order valence-corrected chi connectivity index (χ2v) is 6.79. The van der Waals surface area contributed by atoms with Crippen molar-refractivity contribution in [1.29, 1.82) is 0 Å². The lowest BCUT2D eigenvalue weighted by Gasteiger charge is -2.13. The van der Waals surface area contributed by atoms with E-state index in [1.165, 1.54) is 18.2 Å². The summed E-state index contributed by atoms with van der Waals surface area (Å²) < 4.78 is 31.5. The van der Waals surface area contributed by atoms with Crippen molar-refractivity contribution in [3.63, 3.8) is 0 Å². The van der Waals surface area contributed by atoms with Crippen molar-refractivity contribution in [3.8, 4) is 0 Å². The van der Waals surface area contributed by atoms with Crippen LogP contribution in [0.5, 0.6) is 0 Å². The Morgan fingerprint density at radius 3 is 2.76 bits per heavy atom. The third kappa shape index (κ3) is 5.78. The fourth-order valence-corrected chi connectivity index (χ4v) is 2.58. The van der Waals surface area contributed by atoms with Crippen LogP contribution < -0.4 is 10.5 Å². The lowest BCUT2D eigenvalue weighted by atomic mass is 10.1. The van der Waals surface area contributed by atoms with Crippen LogP contribution in [-0.4, -0.2) is 37.9 Å². The maximum absolute atomic E-state index is 12.0. The number of ether oxygens (including phenoxy) is 1. The Morgan fingerprint density at radius 1 is 1.52 bits per heavy atom. The molecule has 118 valence electrons. The average Bonchev–Trinajstić information content (AvgIpc) is 2.36. The summed E-state index contributed by atoms with van der Waals surface area (Å²) >= 11 is 5.84. The summed E-state index contributed by atoms with van der Waals surface area (Å²) in [6.07, 6.45) is -0.0564. The molecule has 0 spiro atoms. The summed E-state index contributed by atoms with van der Waals surface area (Å²) in [7, 11) is -3.64. The van der Waals surface area contributed by atoms with Gasteiger partial charge in [0.1, 0.15) is 0 Å². The summed E-state index contributed by atoms with van der Waals surface area (Å²) in [5.74, 6) is -0.435. The minimum atomic E-state index is -3.64. The minimum Gasteiger partial charge on any atom is -0.409 e. The number of oxime groups is 1. The molecule has 0 bridgehead atoms. The molecule has 1 aromatic rings. The number of rotatable bonds is 7. The molecule has 0 fully saturated rings. The number of halogens is 1. The Balaban J connectivity index is 2.93. The number of hydrogen-bond donors (Lipinski definition) is 3. The van der Waals surface area contributed by atoms with Crippen LogP contribution in [0, 0.1) is 0 Å². The maximum Gasteiger partial charge on any atom is 0.235 e. The van der Waals surface area contributed by atoms with E-state index in [4.69, 9.17) is 27.3 Å². The first-order chi connectivity index (χ1) is 9.75. The predicted octanol–water partition coefficient (Wildman–Crippen LogP) is 1.60. The zero-order chi connectivity index (χ0) is 16.0. The van der Waals surface area contributed by atoms with Crippen molar-refractivity contribution in [2.75, 3.05) is 17.1 Å². The third-order valence-electron chi connectivity index (χ3n) is 2.43. The van der Waals surface area contributed by atoms with Gasteiger partial charge >= 0.3 is 0 Å². The van der Waals surface area contributed by atoms with Gasteiger partial charge in [-0.05, 0) is 32.0 Å². The summed E-state index contributed by atoms with van der Waals surface area (Å²) in [4.78, 5) is 0. The molecule has 0 aliphatic carbocycles. The van der Waals surface area contributed by atoms with Gasteiger partial charge in [-0.2, -0.15) is 0 Å². The molecule has 4 N–H and O–H groups in total. The highest BCUT2D eigenvalue weighted by Crippen LogP contribution is 2.22. The van der Waals surface area contributed by atoms with Crippen molar-refractivity contribution >= 4 is 33.1 Å². The van der Waals surface area contributed by atoms with Gasteiger partial charge in [0.25, 0.3) is 0 Å². The highest BCUT2D eigenvalue weighted by atomic mass is 35.5. The van der Waals surface area contributed by atoms with Crippen LogP contribution in [0.3, 0.4) is 0 Å². The average molecular weight is 336 g/mol. The van der Waals surface area contributed by atoms with Gasteiger partial charge in [-0.1, -0.05) is 16.8 Å². The molecular weight excluding hydrogens is 318 g/mol. The molecule has 0 amide bonds. The predicted molar refractivity (Wildman–Crippen MR) is 82.5 cm³/mol. The number of nitrogens with two attached hydrogens (primary N) is 1. The number of anilines is 1. The Morgan fingerprint density at radius 2 is 2.19 bits per heavy atom. The Kier molecular flexibility index (Phi) is 6.25. The molecule has 0 heterocycles. The molecule has 0 saturated heterocycles. The molecule has 0 saturated carbocycles. The lowest BCUT2D eigenvalue weighted by Crippen LogP contribution is -2.24. The molecule has 7 nitrogen and oxygen atoms in total. The smallest absolute Gasteiger partial charge is 0.235 e. The zero-order valence-electron chi connectivity index (χ0n) is 11.7. The molecule has 0 atom stereocenters. The Hall–Kier alpha value is -1.51. The van der Waals surface area contributed by atoms with Crippen LogP contribution in [0.25, 0.3) is 0 Å². The van der Waals surface area contributed by atoms with E-state index in [1.54, 1.807) is 0 Å². The fourth-order valence-electron chi connectivity index (χ4n) is 1.49. The fraction of sp³-hybridized carbons (Fsp3) is 0.417. The first-order valence-corrected chi connectivity index (χ1v) is 8.17. The minimum absolute atomic E-state index is 0.0564. The van der Waals surface area contributed by atoms with E-state index < -0.39 is 10.0 Å². The molecule has 1 aromatic carbocycles. The molecule has 0 radical (unpaired) electrons. The second-order valence-electron chi connectivity index (χ2n) is 4.52. The molecule has 0 aromatic heterocycles. The van der Waals surface area contributed by atoms with Crippen LogP contribution >= 0.6 is 11.6 Å². The topological polar surface area (TPSA) is 114 Å². The summed E-state index contributed by atoms with van der Waals surface area (Å²) in [6, 6.07) is 4.35. The standard InChI is InChI=1S/C12H18ClN3O4S/c1-8(2)20-5-6-21(18,19)16-11-7-9(13)3-4-10(11)12(14)15-17/h3-4,7-8,16-17H,5-6H2,1-2H3,(H2,14,15). The molecule has 0 aliphatic heterocycles. The highest BCUT2D eigenvalue weighted by Gasteiger charge is 2.15. The van der Waals surface area contributed by atoms with E-state index in [0.717, 1.165) is 0 Å². The number of nitrogens with zero attached hydrogens (tertiary/aromatic N) is 1. The van der Waals surface area contributed by atoms with Crippen molar-refractivity contribution in [3.05, 3.63) is 28.8 Å². The first kappa shape index (κ1) is 17.5. The number of hydrogen-bond acceptors (Lipinski definition) is 5. The molecule has 0 unspecified atom stereocenters. The highest BCUT2D eigenvalue weighted by molar-refractivity contribution is 7.92. The first-order valence-electron chi connectivity index (χ1n) is 6.14. The van der Waals surface area contributed by atoms with Crippen molar-refractivity contribution in [2.24, 2.45) is 10.9 Å². The number of nitrogens with one attached hydrogen (secondary N) is 1. The molecule has 1 rings (SSSR count). The van der Waals surface area contributed by atoms with E-state index in [0.29, 0.717) is 5.02 Å². The molecule has 21 heavy (non-hydrogen) atoms. The molecule has 0 aliphatic rings. The van der Waals surface area contributed by atoms with Gasteiger partial charge in [-0.3, -0.25) is 4.72 Å². The zero-order valence-corrected chi connectivity index (χ0v) is 13.3. The van der Waals surface area contributed by atoms with Gasteiger partial charge in [0.15, 0.2) is 5.84 Å². The van der Waals surface area contributed by atoms with E-state index >= 15 is 0 Å². The van der Waals surface area contributed by atoms with Gasteiger partial charge in [0.05, 0.1) is 24.2 Å². The van der Waals surface area contributed by atoms with Crippen molar-refractivity contribution in [2.45, 2.75) is 20.0 Å². The van der Waals surface area contributed by atoms with Crippen LogP contribution in [0.1, 0.15) is 19.4 Å². The molecule has 9 heteroatoms. The largest absolute Gasteiger partial charge is 0.409 e. The van der Waals surface area contributed by atoms with Gasteiger partial charge in [0, 0.05) is 10.6 Å². The van der Waals surface area contributed by atoms with Crippen LogP contribution in [0.15, 0.2) is 23.4 Å². The number of sulfonamides is 1. The van der Waals surface area contributed by atoms with E-state index in [1.807, 2.05) is 13.8 Å². The summed E-state index contributed by atoms with van der Waals surface area (Å²) in [6.45, 7) is 3.69. The molecular formula is C12H18ClN3O4S. The number of benzene rings is 1. The Labute approximate surface area is 128 Å². The summed E-state index contributed by atoms with van der Waals surface area (Å²) in [5, 5.41) is 11.9. The monoisotopic (exact) mass is 335 g/mol. The van der Waals surface area contributed by atoms with Gasteiger partial charge in [0.2, 0.25) is 10.0 Å². The Bertz CT molecular complexity index is 617. The SMILES string of the molecule is CC(C)OCCS(=O)(=O)Nc1cc(Cl)ccc1C(N)=NO. The summed E-state index contributed by atoms with van der Waals surface area (Å²) in [5.41, 5.74) is 5.87. The van der Waals surface area contributed by atoms with Crippen molar-refractivity contribution in [1.82, 2.24) is 0 Å². The van der Waals surface area contributed by atoms with Gasteiger partial charge in [-0.15, -0.1) is 0 Å². The maximum atomic E-state index is 12.0. The quantitative estimate of drug-likeness (QED) is 0.303. The lowest BCUT2D eigenvalue weighted by molar-refractivity contribution is 0.0913. The van der Waals surface area contributed by atoms with Crippen LogP contribution in [-0.2, 0) is 14.8 Å².